The molecule has 0 spiro atoms. The number of carbonyl (C=O) groups excluding carboxylic acids is 1. The summed E-state index contributed by atoms with van der Waals surface area (Å²) in [6, 6.07) is 10.5. The molecule has 1 aromatic carbocycles. The van der Waals surface area contributed by atoms with Crippen molar-refractivity contribution in [3.63, 3.8) is 0 Å². The van der Waals surface area contributed by atoms with Crippen molar-refractivity contribution in [2.24, 2.45) is 0 Å². The van der Waals surface area contributed by atoms with Gasteiger partial charge >= 0.3 is 5.91 Å². The van der Waals surface area contributed by atoms with E-state index in [1.165, 1.54) is 0 Å². The van der Waals surface area contributed by atoms with E-state index in [-0.39, 0.29) is 11.6 Å². The smallest absolute Gasteiger partial charge is 0.315 e. The van der Waals surface area contributed by atoms with Crippen LogP contribution in [0.4, 0.5) is 5.82 Å². The quantitative estimate of drug-likeness (QED) is 0.568. The third-order valence-electron chi connectivity index (χ3n) is 3.67. The molecule has 3 heterocycles. The third kappa shape index (κ3) is 2.23. The van der Waals surface area contributed by atoms with Crippen LogP contribution in [0.1, 0.15) is 10.6 Å². The van der Waals surface area contributed by atoms with E-state index >= 15 is 0 Å². The third-order valence-corrected chi connectivity index (χ3v) is 4.09. The first-order valence-corrected chi connectivity index (χ1v) is 7.79. The molecule has 120 valence electrons. The summed E-state index contributed by atoms with van der Waals surface area (Å²) in [6.07, 6.45) is 0. The fourth-order valence-electron chi connectivity index (χ4n) is 2.50. The zero-order chi connectivity index (χ0) is 16.8. The lowest BCUT2D eigenvalue weighted by atomic mass is 10.2. The minimum atomic E-state index is -0.447. The van der Waals surface area contributed by atoms with Crippen LogP contribution in [0.2, 0.25) is 0 Å². The van der Waals surface area contributed by atoms with Gasteiger partial charge in [0.25, 0.3) is 0 Å². The summed E-state index contributed by atoms with van der Waals surface area (Å²) in [7, 11) is 1.58. The van der Waals surface area contributed by atoms with Gasteiger partial charge in [0.15, 0.2) is 21.9 Å². The van der Waals surface area contributed by atoms with Crippen molar-refractivity contribution in [2.75, 3.05) is 12.8 Å². The Morgan fingerprint density at radius 2 is 2.12 bits per heavy atom. The number of pyridine rings is 1. The van der Waals surface area contributed by atoms with Gasteiger partial charge in [-0.2, -0.15) is 4.68 Å². The van der Waals surface area contributed by atoms with Gasteiger partial charge in [0, 0.05) is 11.5 Å². The Balaban J connectivity index is 1.95. The lowest BCUT2D eigenvalue weighted by Gasteiger charge is -2.03. The number of nitrogens with two attached hydrogens (primary N) is 1. The summed E-state index contributed by atoms with van der Waals surface area (Å²) in [4.78, 5) is 17.1. The van der Waals surface area contributed by atoms with Gasteiger partial charge in [0.2, 0.25) is 0 Å². The molecule has 3 aromatic heterocycles. The van der Waals surface area contributed by atoms with E-state index in [9.17, 15) is 4.79 Å². The summed E-state index contributed by atoms with van der Waals surface area (Å²) in [5.41, 5.74) is 7.00. The van der Waals surface area contributed by atoms with Crippen LogP contribution in [0.5, 0.6) is 5.75 Å². The Morgan fingerprint density at radius 3 is 2.83 bits per heavy atom. The van der Waals surface area contributed by atoms with Crippen LogP contribution in [-0.4, -0.2) is 27.8 Å². The molecule has 0 saturated heterocycles. The normalized spacial score (nSPS) is 11.2. The van der Waals surface area contributed by atoms with E-state index < -0.39 is 5.91 Å². The SMILES string of the molecule is COc1ccc2cc3c(N)nn(C(=O)c4ccc(Br)o4)c3nc2c1. The highest BCUT2D eigenvalue weighted by Crippen LogP contribution is 2.27. The number of anilines is 1. The van der Waals surface area contributed by atoms with Crippen LogP contribution in [0.15, 0.2) is 45.5 Å². The molecule has 7 nitrogen and oxygen atoms in total. The van der Waals surface area contributed by atoms with Crippen LogP contribution in [0, 0.1) is 0 Å². The second-order valence-electron chi connectivity index (χ2n) is 5.12. The largest absolute Gasteiger partial charge is 0.497 e. The van der Waals surface area contributed by atoms with Gasteiger partial charge in [-0.1, -0.05) is 0 Å². The number of hydrogen-bond acceptors (Lipinski definition) is 6. The molecule has 0 atom stereocenters. The number of benzene rings is 1. The number of fused-ring (bicyclic) bond motifs is 2. The zero-order valence-electron chi connectivity index (χ0n) is 12.5. The molecular formula is C16H11BrN4O3. The van der Waals surface area contributed by atoms with Gasteiger partial charge in [-0.05, 0) is 46.3 Å². The fraction of sp³-hybridized carbons (Fsp3) is 0.0625. The Labute approximate surface area is 144 Å². The average Bonchev–Trinajstić information content (AvgIpc) is 3.16. The number of carbonyl (C=O) groups is 1. The molecule has 0 radical (unpaired) electrons. The van der Waals surface area contributed by atoms with Crippen LogP contribution in [0.25, 0.3) is 21.9 Å². The van der Waals surface area contributed by atoms with E-state index in [4.69, 9.17) is 14.9 Å². The van der Waals surface area contributed by atoms with Crippen molar-refractivity contribution in [2.45, 2.75) is 0 Å². The van der Waals surface area contributed by atoms with Crippen LogP contribution < -0.4 is 10.5 Å². The van der Waals surface area contributed by atoms with Crippen LogP contribution >= 0.6 is 15.9 Å². The van der Waals surface area contributed by atoms with Crippen molar-refractivity contribution < 1.29 is 13.9 Å². The summed E-state index contributed by atoms with van der Waals surface area (Å²) < 4.78 is 12.1. The van der Waals surface area contributed by atoms with Crippen molar-refractivity contribution in [1.29, 1.82) is 0 Å². The molecule has 0 aliphatic heterocycles. The number of aromatic nitrogens is 3. The predicted molar refractivity (Wildman–Crippen MR) is 92.1 cm³/mol. The van der Waals surface area contributed by atoms with E-state index in [2.05, 4.69) is 26.0 Å². The van der Waals surface area contributed by atoms with Gasteiger partial charge in [0.05, 0.1) is 18.0 Å². The van der Waals surface area contributed by atoms with Gasteiger partial charge < -0.3 is 14.9 Å². The lowest BCUT2D eigenvalue weighted by Crippen LogP contribution is -2.13. The second-order valence-corrected chi connectivity index (χ2v) is 5.91. The fourth-order valence-corrected chi connectivity index (χ4v) is 2.80. The molecule has 8 heteroatoms. The molecule has 4 aromatic rings. The first-order chi connectivity index (χ1) is 11.6. The standard InChI is InChI=1S/C16H11BrN4O3/c1-23-9-3-2-8-6-10-14(18)20-21(15(10)19-11(8)7-9)16(22)12-4-5-13(17)24-12/h2-7H,1H3,(H2,18,20). The van der Waals surface area contributed by atoms with Crippen molar-refractivity contribution >= 4 is 49.6 Å². The van der Waals surface area contributed by atoms with E-state index in [1.54, 1.807) is 25.3 Å². The molecule has 0 unspecified atom stereocenters. The maximum atomic E-state index is 12.6. The van der Waals surface area contributed by atoms with Crippen molar-refractivity contribution in [3.8, 4) is 5.75 Å². The zero-order valence-corrected chi connectivity index (χ0v) is 14.1. The van der Waals surface area contributed by atoms with Crippen molar-refractivity contribution in [3.05, 3.63) is 46.8 Å². The summed E-state index contributed by atoms with van der Waals surface area (Å²) in [5.74, 6) is 0.597. The highest BCUT2D eigenvalue weighted by atomic mass is 79.9. The molecule has 0 bridgehead atoms. The number of methoxy groups -OCH3 is 1. The Morgan fingerprint density at radius 1 is 1.29 bits per heavy atom. The number of rotatable bonds is 2. The second kappa shape index (κ2) is 5.34. The number of hydrogen-bond donors (Lipinski definition) is 1. The maximum Gasteiger partial charge on any atom is 0.315 e. The van der Waals surface area contributed by atoms with E-state index in [0.29, 0.717) is 27.0 Å². The highest BCUT2D eigenvalue weighted by molar-refractivity contribution is 9.10. The minimum Gasteiger partial charge on any atom is -0.497 e. The molecule has 2 N–H and O–H groups in total. The number of ether oxygens (including phenoxy) is 1. The highest BCUT2D eigenvalue weighted by Gasteiger charge is 2.20. The number of nitrogen functional groups attached to an aromatic ring is 1. The summed E-state index contributed by atoms with van der Waals surface area (Å²) in [6.45, 7) is 0. The molecule has 0 aliphatic carbocycles. The summed E-state index contributed by atoms with van der Waals surface area (Å²) >= 11 is 3.17. The van der Waals surface area contributed by atoms with E-state index in [1.807, 2.05) is 18.2 Å². The van der Waals surface area contributed by atoms with Gasteiger partial charge in [-0.15, -0.1) is 5.10 Å². The molecule has 0 fully saturated rings. The topological polar surface area (TPSA) is 96.2 Å². The first-order valence-electron chi connectivity index (χ1n) is 7.00. The van der Waals surface area contributed by atoms with Crippen LogP contribution in [-0.2, 0) is 0 Å². The van der Waals surface area contributed by atoms with Crippen molar-refractivity contribution in [1.82, 2.24) is 14.8 Å². The van der Waals surface area contributed by atoms with E-state index in [0.717, 1.165) is 10.1 Å². The predicted octanol–water partition coefficient (Wildman–Crippen LogP) is 3.22. The molecule has 0 saturated carbocycles. The van der Waals surface area contributed by atoms with Crippen LogP contribution in [0.3, 0.4) is 0 Å². The molecule has 0 amide bonds. The van der Waals surface area contributed by atoms with Gasteiger partial charge in [0.1, 0.15) is 5.75 Å². The summed E-state index contributed by atoms with van der Waals surface area (Å²) in [5, 5.41) is 5.60. The number of furan rings is 1. The van der Waals surface area contributed by atoms with Gasteiger partial charge in [-0.25, -0.2) is 4.98 Å². The molecule has 24 heavy (non-hydrogen) atoms. The maximum absolute atomic E-state index is 12.6. The number of nitrogens with zero attached hydrogens (tertiary/aromatic N) is 3. The molecule has 0 aliphatic rings. The Kier molecular flexibility index (Phi) is 3.27. The number of halogens is 1. The lowest BCUT2D eigenvalue weighted by molar-refractivity contribution is 0.0921. The monoisotopic (exact) mass is 386 g/mol. The Bertz CT molecular complexity index is 1100. The molecular weight excluding hydrogens is 376 g/mol. The average molecular weight is 387 g/mol. The van der Waals surface area contributed by atoms with Gasteiger partial charge in [-0.3, -0.25) is 4.79 Å². The first kappa shape index (κ1) is 14.7. The molecule has 4 rings (SSSR count). The Hall–Kier alpha value is -2.87. The minimum absolute atomic E-state index is 0.138.